The predicted molar refractivity (Wildman–Crippen MR) is 94.0 cm³/mol. The summed E-state index contributed by atoms with van der Waals surface area (Å²) in [6, 6.07) is 4.89. The second kappa shape index (κ2) is 9.15. The van der Waals surface area contributed by atoms with E-state index in [1.54, 1.807) is 0 Å². The number of carboxylic acid groups (broad SMARTS) is 3. The first-order valence-electron chi connectivity index (χ1n) is 7.90. The second-order valence-corrected chi connectivity index (χ2v) is 5.54. The number of nitrogens with zero attached hydrogens (tertiary/aromatic N) is 3. The highest BCUT2D eigenvalue weighted by atomic mass is 16.4. The van der Waals surface area contributed by atoms with Crippen molar-refractivity contribution < 1.29 is 29.7 Å². The number of benzene rings is 1. The van der Waals surface area contributed by atoms with Crippen LogP contribution in [0.5, 0.6) is 0 Å². The molecule has 0 aliphatic heterocycles. The van der Waals surface area contributed by atoms with Gasteiger partial charge in [-0.25, -0.2) is 19.4 Å². The Labute approximate surface area is 155 Å². The Morgan fingerprint density at radius 2 is 1.74 bits per heavy atom. The summed E-state index contributed by atoms with van der Waals surface area (Å²) in [5, 5.41) is 34.6. The van der Waals surface area contributed by atoms with Gasteiger partial charge in [0.1, 0.15) is 11.9 Å². The van der Waals surface area contributed by atoms with Gasteiger partial charge in [-0.3, -0.25) is 0 Å². The van der Waals surface area contributed by atoms with E-state index < -0.39 is 29.0 Å². The number of aromatic nitrogens is 2. The van der Waals surface area contributed by atoms with Crippen molar-refractivity contribution in [3.63, 3.8) is 0 Å². The van der Waals surface area contributed by atoms with Crippen LogP contribution in [0.2, 0.25) is 0 Å². The number of imidazole rings is 1. The maximum Gasteiger partial charge on any atom is 0.336 e. The molecule has 142 valence electrons. The van der Waals surface area contributed by atoms with Crippen molar-refractivity contribution in [1.29, 1.82) is 5.26 Å². The normalized spacial score (nSPS) is 10.9. The first-order chi connectivity index (χ1) is 12.6. The molecule has 1 aromatic carbocycles. The molecule has 0 fully saturated rings. The SMILES string of the molecule is CCc1nc(C)cn1C(C)C#N.O=C(O)c1ccc(C(=O)O)c(C(=O)O)c1. The maximum absolute atomic E-state index is 10.6. The summed E-state index contributed by atoms with van der Waals surface area (Å²) < 4.78 is 1.93. The molecule has 1 unspecified atom stereocenters. The molecule has 1 heterocycles. The van der Waals surface area contributed by atoms with Crippen LogP contribution in [-0.4, -0.2) is 42.8 Å². The van der Waals surface area contributed by atoms with Crippen LogP contribution in [0, 0.1) is 18.3 Å². The fourth-order valence-electron chi connectivity index (χ4n) is 2.27. The molecule has 0 amide bonds. The molecule has 9 heteroatoms. The van der Waals surface area contributed by atoms with Crippen LogP contribution >= 0.6 is 0 Å². The van der Waals surface area contributed by atoms with Crippen molar-refractivity contribution in [1.82, 2.24) is 9.55 Å². The monoisotopic (exact) mass is 373 g/mol. The number of aromatic carboxylic acids is 3. The molecular weight excluding hydrogens is 354 g/mol. The number of hydrogen-bond donors (Lipinski definition) is 3. The molecule has 0 aliphatic carbocycles. The average Bonchev–Trinajstić information content (AvgIpc) is 3.01. The van der Waals surface area contributed by atoms with E-state index >= 15 is 0 Å². The molecule has 0 spiro atoms. The Bertz CT molecular complexity index is 910. The van der Waals surface area contributed by atoms with Gasteiger partial charge >= 0.3 is 17.9 Å². The lowest BCUT2D eigenvalue weighted by Crippen LogP contribution is -2.10. The summed E-state index contributed by atoms with van der Waals surface area (Å²) in [5.41, 5.74) is -0.263. The zero-order valence-electron chi connectivity index (χ0n) is 15.0. The van der Waals surface area contributed by atoms with Crippen molar-refractivity contribution in [3.05, 3.63) is 52.6 Å². The quantitative estimate of drug-likeness (QED) is 0.722. The molecule has 0 aliphatic rings. The van der Waals surface area contributed by atoms with E-state index in [-0.39, 0.29) is 11.6 Å². The van der Waals surface area contributed by atoms with E-state index in [0.717, 1.165) is 36.1 Å². The Hall–Kier alpha value is -3.67. The van der Waals surface area contributed by atoms with E-state index in [0.29, 0.717) is 0 Å². The summed E-state index contributed by atoms with van der Waals surface area (Å²) >= 11 is 0. The summed E-state index contributed by atoms with van der Waals surface area (Å²) in [6.07, 6.45) is 2.80. The molecule has 0 radical (unpaired) electrons. The van der Waals surface area contributed by atoms with Crippen molar-refractivity contribution in [2.24, 2.45) is 0 Å². The van der Waals surface area contributed by atoms with Gasteiger partial charge in [0.05, 0.1) is 28.5 Å². The highest BCUT2D eigenvalue weighted by Gasteiger charge is 2.18. The topological polar surface area (TPSA) is 154 Å². The van der Waals surface area contributed by atoms with E-state index in [9.17, 15) is 14.4 Å². The number of aryl methyl sites for hydroxylation is 2. The highest BCUT2D eigenvalue weighted by Crippen LogP contribution is 2.13. The minimum Gasteiger partial charge on any atom is -0.478 e. The molecular formula is C18H19N3O6. The molecule has 0 bridgehead atoms. The van der Waals surface area contributed by atoms with Gasteiger partial charge in [0.15, 0.2) is 0 Å². The minimum absolute atomic E-state index is 0.110. The van der Waals surface area contributed by atoms with Crippen molar-refractivity contribution in [2.45, 2.75) is 33.2 Å². The molecule has 0 saturated carbocycles. The lowest BCUT2D eigenvalue weighted by Gasteiger charge is -2.06. The van der Waals surface area contributed by atoms with E-state index in [1.807, 2.05) is 31.5 Å². The molecule has 2 aromatic rings. The number of nitriles is 1. The smallest absolute Gasteiger partial charge is 0.336 e. The van der Waals surface area contributed by atoms with Gasteiger partial charge in [-0.2, -0.15) is 5.26 Å². The molecule has 1 aromatic heterocycles. The molecule has 27 heavy (non-hydrogen) atoms. The molecule has 9 nitrogen and oxygen atoms in total. The summed E-state index contributed by atoms with van der Waals surface area (Å²) in [4.78, 5) is 36.1. The molecule has 0 saturated heterocycles. The average molecular weight is 373 g/mol. The number of hydrogen-bond acceptors (Lipinski definition) is 5. The fraction of sp³-hybridized carbons (Fsp3) is 0.278. The number of carbonyl (C=O) groups is 3. The zero-order chi connectivity index (χ0) is 20.7. The first-order valence-corrected chi connectivity index (χ1v) is 7.90. The van der Waals surface area contributed by atoms with Crippen molar-refractivity contribution in [3.8, 4) is 6.07 Å². The maximum atomic E-state index is 10.6. The van der Waals surface area contributed by atoms with Crippen LogP contribution in [-0.2, 0) is 6.42 Å². The Balaban J connectivity index is 0.000000277. The van der Waals surface area contributed by atoms with Gasteiger partial charge < -0.3 is 19.9 Å². The third kappa shape index (κ3) is 5.40. The molecule has 2 rings (SSSR count). The van der Waals surface area contributed by atoms with Crippen LogP contribution in [0.15, 0.2) is 24.4 Å². The third-order valence-corrected chi connectivity index (χ3v) is 3.58. The van der Waals surface area contributed by atoms with Gasteiger partial charge in [-0.1, -0.05) is 6.92 Å². The predicted octanol–water partition coefficient (Wildman–Crippen LogP) is 2.62. The van der Waals surface area contributed by atoms with Crippen LogP contribution in [0.4, 0.5) is 0 Å². The Morgan fingerprint density at radius 1 is 1.15 bits per heavy atom. The number of carboxylic acids is 3. The van der Waals surface area contributed by atoms with Crippen LogP contribution in [0.25, 0.3) is 0 Å². The summed E-state index contributed by atoms with van der Waals surface area (Å²) in [5.74, 6) is -3.21. The van der Waals surface area contributed by atoms with Gasteiger partial charge in [0.2, 0.25) is 0 Å². The standard InChI is InChI=1S/C9H13N3.C9H6O6/c1-4-9-11-7(2)6-12(9)8(3)5-10;10-7(11)4-1-2-5(8(12)13)6(3-4)9(14)15/h6,8H,4H2,1-3H3;1-3H,(H,10,11)(H,12,13)(H,14,15). The highest BCUT2D eigenvalue weighted by molar-refractivity contribution is 6.03. The minimum atomic E-state index is -1.48. The van der Waals surface area contributed by atoms with Crippen LogP contribution in [0.3, 0.4) is 0 Å². The first kappa shape index (κ1) is 21.4. The lowest BCUT2D eigenvalue weighted by molar-refractivity contribution is 0.0649. The Kier molecular flexibility index (Phi) is 7.24. The van der Waals surface area contributed by atoms with E-state index in [1.165, 1.54) is 0 Å². The summed E-state index contributed by atoms with van der Waals surface area (Å²) in [7, 11) is 0. The van der Waals surface area contributed by atoms with Gasteiger partial charge in [0.25, 0.3) is 0 Å². The summed E-state index contributed by atoms with van der Waals surface area (Å²) in [6.45, 7) is 5.86. The molecule has 1 atom stereocenters. The second-order valence-electron chi connectivity index (χ2n) is 5.54. The van der Waals surface area contributed by atoms with Gasteiger partial charge in [-0.15, -0.1) is 0 Å². The molecule has 3 N–H and O–H groups in total. The largest absolute Gasteiger partial charge is 0.478 e. The van der Waals surface area contributed by atoms with Gasteiger partial charge in [0, 0.05) is 12.6 Å². The van der Waals surface area contributed by atoms with Gasteiger partial charge in [-0.05, 0) is 32.0 Å². The van der Waals surface area contributed by atoms with E-state index in [2.05, 4.69) is 11.1 Å². The van der Waals surface area contributed by atoms with Crippen LogP contribution in [0.1, 0.15) is 62.5 Å². The van der Waals surface area contributed by atoms with Crippen LogP contribution < -0.4 is 0 Å². The third-order valence-electron chi connectivity index (χ3n) is 3.58. The van der Waals surface area contributed by atoms with Crippen molar-refractivity contribution >= 4 is 17.9 Å². The zero-order valence-corrected chi connectivity index (χ0v) is 15.0. The van der Waals surface area contributed by atoms with Crippen molar-refractivity contribution in [2.75, 3.05) is 0 Å². The fourth-order valence-corrected chi connectivity index (χ4v) is 2.27. The Morgan fingerprint density at radius 3 is 2.19 bits per heavy atom. The number of rotatable bonds is 5. The lowest BCUT2D eigenvalue weighted by atomic mass is 10.0. The van der Waals surface area contributed by atoms with E-state index in [4.69, 9.17) is 20.6 Å².